The molecule has 17 heavy (non-hydrogen) atoms. The third-order valence-electron chi connectivity index (χ3n) is 3.39. The van der Waals surface area contributed by atoms with Crippen LogP contribution in [0.2, 0.25) is 0 Å². The van der Waals surface area contributed by atoms with Gasteiger partial charge >= 0.3 is 0 Å². The Morgan fingerprint density at radius 2 is 2.12 bits per heavy atom. The lowest BCUT2D eigenvalue weighted by atomic mass is 9.97. The summed E-state index contributed by atoms with van der Waals surface area (Å²) >= 11 is 0. The highest BCUT2D eigenvalue weighted by Gasteiger charge is 2.31. The molecule has 2 atom stereocenters. The predicted molar refractivity (Wildman–Crippen MR) is 65.5 cm³/mol. The molecule has 88 valence electrons. The molecule has 0 unspecified atom stereocenters. The molecule has 3 rings (SSSR count). The Balaban J connectivity index is 2.21. The van der Waals surface area contributed by atoms with Crippen molar-refractivity contribution in [2.75, 3.05) is 7.05 Å². The minimum absolute atomic E-state index is 0.0362. The number of likely N-dealkylation sites (N-methyl/N-ethyl adjacent to an activating group) is 1. The molecule has 0 bridgehead atoms. The van der Waals surface area contributed by atoms with E-state index < -0.39 is 6.02 Å². The van der Waals surface area contributed by atoms with E-state index in [1.165, 1.54) is 0 Å². The lowest BCUT2D eigenvalue weighted by molar-refractivity contribution is 0.155. The Hall–Kier alpha value is -1.68. The summed E-state index contributed by atoms with van der Waals surface area (Å²) in [6, 6.07) is 8.97. The molecule has 1 aromatic carbocycles. The molecule has 1 aliphatic rings. The maximum Gasteiger partial charge on any atom is 0.0942 e. The normalized spacial score (nSPS) is 29.8. The first-order chi connectivity index (χ1) is 8.64. The van der Waals surface area contributed by atoms with Crippen molar-refractivity contribution < 1.29 is 1.37 Å². The monoisotopic (exact) mass is 229 g/mol. The van der Waals surface area contributed by atoms with E-state index >= 15 is 0 Å². The SMILES string of the molecule is [2H][C@]1(c2ccccc2)[C@H](C)N(C)Cc2cnnn21. The fourth-order valence-corrected chi connectivity index (χ4v) is 2.32. The van der Waals surface area contributed by atoms with Gasteiger partial charge in [0.15, 0.2) is 0 Å². The molecule has 0 aliphatic carbocycles. The molecule has 2 heterocycles. The Labute approximate surface area is 102 Å². The first-order valence-corrected chi connectivity index (χ1v) is 5.80. The van der Waals surface area contributed by atoms with Gasteiger partial charge in [0.05, 0.1) is 19.3 Å². The smallest absolute Gasteiger partial charge is 0.0942 e. The van der Waals surface area contributed by atoms with Crippen LogP contribution in [0.1, 0.15) is 25.6 Å². The topological polar surface area (TPSA) is 34.0 Å². The Kier molecular flexibility index (Phi) is 2.18. The first kappa shape index (κ1) is 9.36. The van der Waals surface area contributed by atoms with Crippen LogP contribution in [0.5, 0.6) is 0 Å². The maximum atomic E-state index is 8.92. The van der Waals surface area contributed by atoms with Crippen molar-refractivity contribution in [3.8, 4) is 0 Å². The van der Waals surface area contributed by atoms with Crippen molar-refractivity contribution in [2.45, 2.75) is 25.5 Å². The maximum absolute atomic E-state index is 8.92. The van der Waals surface area contributed by atoms with E-state index in [0.717, 1.165) is 17.8 Å². The van der Waals surface area contributed by atoms with E-state index in [-0.39, 0.29) is 6.04 Å². The zero-order valence-electron chi connectivity index (χ0n) is 11.0. The fraction of sp³-hybridized carbons (Fsp3) is 0.385. The van der Waals surface area contributed by atoms with Crippen LogP contribution in [-0.2, 0) is 6.54 Å². The highest BCUT2D eigenvalue weighted by Crippen LogP contribution is 2.30. The van der Waals surface area contributed by atoms with E-state index in [9.17, 15) is 0 Å². The van der Waals surface area contributed by atoms with Crippen molar-refractivity contribution in [3.05, 3.63) is 47.8 Å². The van der Waals surface area contributed by atoms with E-state index in [1.54, 1.807) is 10.9 Å². The van der Waals surface area contributed by atoms with Gasteiger partial charge in [-0.2, -0.15) is 0 Å². The summed E-state index contributed by atoms with van der Waals surface area (Å²) in [6.45, 7) is 2.84. The van der Waals surface area contributed by atoms with Crippen LogP contribution in [0.3, 0.4) is 0 Å². The average molecular weight is 229 g/mol. The molecule has 1 aromatic heterocycles. The molecule has 0 fully saturated rings. The molecule has 0 saturated carbocycles. The number of rotatable bonds is 1. The number of fused-ring (bicyclic) bond motifs is 1. The zero-order valence-corrected chi connectivity index (χ0v) is 10.0. The molecule has 2 aromatic rings. The minimum Gasteiger partial charge on any atom is -0.295 e. The molecule has 4 heteroatoms. The second-order valence-electron chi connectivity index (χ2n) is 4.48. The van der Waals surface area contributed by atoms with Gasteiger partial charge in [0.2, 0.25) is 0 Å². The third kappa shape index (κ3) is 1.65. The summed E-state index contributed by atoms with van der Waals surface area (Å²) in [6.07, 6.45) is 1.74. The van der Waals surface area contributed by atoms with E-state index in [1.807, 2.05) is 37.4 Å². The van der Waals surface area contributed by atoms with Crippen molar-refractivity contribution in [3.63, 3.8) is 0 Å². The van der Waals surface area contributed by atoms with Crippen molar-refractivity contribution in [1.29, 1.82) is 0 Å². The summed E-state index contributed by atoms with van der Waals surface area (Å²) in [5.74, 6) is 0. The Bertz CT molecular complexity index is 553. The summed E-state index contributed by atoms with van der Waals surface area (Å²) < 4.78 is 10.7. The molecular formula is C13H16N4. The number of hydrogen-bond donors (Lipinski definition) is 0. The molecule has 0 N–H and O–H groups in total. The number of hydrogen-bond acceptors (Lipinski definition) is 3. The number of nitrogens with zero attached hydrogens (tertiary/aromatic N) is 4. The Morgan fingerprint density at radius 3 is 2.88 bits per heavy atom. The highest BCUT2D eigenvalue weighted by atomic mass is 15.5. The van der Waals surface area contributed by atoms with Crippen LogP contribution in [0, 0.1) is 0 Å². The van der Waals surface area contributed by atoms with Gasteiger partial charge in [-0.1, -0.05) is 35.5 Å². The van der Waals surface area contributed by atoms with Crippen LogP contribution in [0.25, 0.3) is 0 Å². The van der Waals surface area contributed by atoms with Gasteiger partial charge in [-0.15, -0.1) is 5.10 Å². The average Bonchev–Trinajstić information content (AvgIpc) is 2.86. The van der Waals surface area contributed by atoms with Crippen molar-refractivity contribution >= 4 is 0 Å². The third-order valence-corrected chi connectivity index (χ3v) is 3.39. The molecule has 0 radical (unpaired) electrons. The molecule has 4 nitrogen and oxygen atoms in total. The van der Waals surface area contributed by atoms with Gasteiger partial charge in [0.25, 0.3) is 0 Å². The van der Waals surface area contributed by atoms with E-state index in [0.29, 0.717) is 0 Å². The first-order valence-electron chi connectivity index (χ1n) is 6.30. The molecular weight excluding hydrogens is 212 g/mol. The summed E-state index contributed by atoms with van der Waals surface area (Å²) in [5.41, 5.74) is 1.92. The predicted octanol–water partition coefficient (Wildman–Crippen LogP) is 1.70. The van der Waals surface area contributed by atoms with Gasteiger partial charge in [-0.25, -0.2) is 4.68 Å². The largest absolute Gasteiger partial charge is 0.295 e. The lowest BCUT2D eigenvalue weighted by Gasteiger charge is -2.37. The second-order valence-corrected chi connectivity index (χ2v) is 4.48. The number of aromatic nitrogens is 3. The van der Waals surface area contributed by atoms with Gasteiger partial charge in [-0.3, -0.25) is 4.90 Å². The van der Waals surface area contributed by atoms with Gasteiger partial charge < -0.3 is 0 Å². The molecule has 0 spiro atoms. The molecule has 0 amide bonds. The van der Waals surface area contributed by atoms with Gasteiger partial charge in [0, 0.05) is 12.6 Å². The van der Waals surface area contributed by atoms with Crippen LogP contribution in [0.15, 0.2) is 36.5 Å². The fourth-order valence-electron chi connectivity index (χ4n) is 2.32. The quantitative estimate of drug-likeness (QED) is 0.746. The summed E-state index contributed by atoms with van der Waals surface area (Å²) in [4.78, 5) is 2.17. The molecule has 0 saturated heterocycles. The van der Waals surface area contributed by atoms with Crippen LogP contribution in [-0.4, -0.2) is 33.0 Å². The van der Waals surface area contributed by atoms with Crippen molar-refractivity contribution in [2.24, 2.45) is 0 Å². The van der Waals surface area contributed by atoms with Gasteiger partial charge in [0.1, 0.15) is 0 Å². The number of benzene rings is 1. The summed E-state index contributed by atoms with van der Waals surface area (Å²) in [5, 5.41) is 8.08. The molecule has 1 aliphatic heterocycles. The lowest BCUT2D eigenvalue weighted by Crippen LogP contribution is -2.43. The van der Waals surface area contributed by atoms with Crippen LogP contribution in [0.4, 0.5) is 0 Å². The van der Waals surface area contributed by atoms with Crippen molar-refractivity contribution in [1.82, 2.24) is 19.9 Å². The van der Waals surface area contributed by atoms with E-state index in [4.69, 9.17) is 1.37 Å². The van der Waals surface area contributed by atoms with Crippen LogP contribution < -0.4 is 0 Å². The minimum atomic E-state index is -0.917. The highest BCUT2D eigenvalue weighted by molar-refractivity contribution is 5.23. The van der Waals surface area contributed by atoms with Gasteiger partial charge in [-0.05, 0) is 19.5 Å². The van der Waals surface area contributed by atoms with Crippen LogP contribution >= 0.6 is 0 Å². The standard InChI is InChI=1S/C13H16N4/c1-10-13(11-6-4-3-5-7-11)17-12(8-14-15-17)9-16(10)2/h3-8,10,13H,9H2,1-2H3/t10-,13+/m0/s1/i13D. The zero-order chi connectivity index (χ0) is 12.8. The summed E-state index contributed by atoms with van der Waals surface area (Å²) in [7, 11) is 2.04. The Morgan fingerprint density at radius 1 is 1.35 bits per heavy atom. The second kappa shape index (κ2) is 3.96. The van der Waals surface area contributed by atoms with E-state index in [2.05, 4.69) is 22.1 Å².